The molecular weight excluding hydrogens is 220 g/mol. The lowest BCUT2D eigenvalue weighted by atomic mass is 9.97. The van der Waals surface area contributed by atoms with Crippen LogP contribution in [0.4, 0.5) is 0 Å². The highest BCUT2D eigenvalue weighted by Crippen LogP contribution is 2.24. The van der Waals surface area contributed by atoms with Gasteiger partial charge in [-0.15, -0.1) is 0 Å². The lowest BCUT2D eigenvalue weighted by Crippen LogP contribution is -2.47. The molecule has 94 valence electrons. The molecule has 0 saturated carbocycles. The Morgan fingerprint density at radius 1 is 1.76 bits per heavy atom. The number of nitrogens with one attached hydrogen (secondary N) is 1. The predicted octanol–water partition coefficient (Wildman–Crippen LogP) is 0.295. The molecule has 1 aromatic heterocycles. The third-order valence-corrected chi connectivity index (χ3v) is 3.39. The fourth-order valence-corrected chi connectivity index (χ4v) is 2.02. The molecule has 1 aromatic rings. The van der Waals surface area contributed by atoms with Gasteiger partial charge in [-0.1, -0.05) is 0 Å². The summed E-state index contributed by atoms with van der Waals surface area (Å²) < 4.78 is 7.05. The SMILES string of the molecule is CC1OCCC1(O)CNC(=O)c1cccn1C. The van der Waals surface area contributed by atoms with E-state index in [1.807, 2.05) is 26.2 Å². The summed E-state index contributed by atoms with van der Waals surface area (Å²) >= 11 is 0. The molecule has 1 fully saturated rings. The molecule has 2 atom stereocenters. The van der Waals surface area contributed by atoms with Crippen molar-refractivity contribution in [2.45, 2.75) is 25.0 Å². The first-order chi connectivity index (χ1) is 8.03. The van der Waals surface area contributed by atoms with E-state index in [2.05, 4.69) is 5.32 Å². The van der Waals surface area contributed by atoms with Crippen LogP contribution in [-0.4, -0.2) is 40.4 Å². The molecule has 2 N–H and O–H groups in total. The van der Waals surface area contributed by atoms with Gasteiger partial charge in [0.15, 0.2) is 0 Å². The van der Waals surface area contributed by atoms with E-state index in [0.29, 0.717) is 18.7 Å². The summed E-state index contributed by atoms with van der Waals surface area (Å²) in [7, 11) is 1.81. The van der Waals surface area contributed by atoms with E-state index in [1.165, 1.54) is 0 Å². The Balaban J connectivity index is 1.95. The zero-order valence-corrected chi connectivity index (χ0v) is 10.1. The van der Waals surface area contributed by atoms with Gasteiger partial charge in [-0.3, -0.25) is 4.79 Å². The van der Waals surface area contributed by atoms with Gasteiger partial charge in [0.1, 0.15) is 11.3 Å². The smallest absolute Gasteiger partial charge is 0.267 e. The van der Waals surface area contributed by atoms with Crippen LogP contribution in [0.2, 0.25) is 0 Å². The van der Waals surface area contributed by atoms with Crippen LogP contribution >= 0.6 is 0 Å². The molecular formula is C12H18N2O3. The van der Waals surface area contributed by atoms with Crippen LogP contribution in [0, 0.1) is 0 Å². The van der Waals surface area contributed by atoms with Gasteiger partial charge >= 0.3 is 0 Å². The Morgan fingerprint density at radius 2 is 2.53 bits per heavy atom. The maximum absolute atomic E-state index is 11.8. The van der Waals surface area contributed by atoms with E-state index in [1.54, 1.807) is 10.6 Å². The van der Waals surface area contributed by atoms with Gasteiger partial charge in [0.25, 0.3) is 5.91 Å². The zero-order chi connectivity index (χ0) is 12.5. The first-order valence-corrected chi connectivity index (χ1v) is 5.76. The van der Waals surface area contributed by atoms with E-state index in [4.69, 9.17) is 4.74 Å². The van der Waals surface area contributed by atoms with E-state index >= 15 is 0 Å². The zero-order valence-electron chi connectivity index (χ0n) is 10.1. The number of aliphatic hydroxyl groups is 1. The summed E-state index contributed by atoms with van der Waals surface area (Å²) in [5, 5.41) is 13.0. The topological polar surface area (TPSA) is 63.5 Å². The molecule has 1 aliphatic rings. The maximum atomic E-state index is 11.8. The van der Waals surface area contributed by atoms with Gasteiger partial charge in [-0.25, -0.2) is 0 Å². The summed E-state index contributed by atoms with van der Waals surface area (Å²) in [6.45, 7) is 2.58. The average molecular weight is 238 g/mol. The van der Waals surface area contributed by atoms with Crippen molar-refractivity contribution in [3.8, 4) is 0 Å². The highest BCUT2D eigenvalue weighted by Gasteiger charge is 2.39. The molecule has 5 nitrogen and oxygen atoms in total. The van der Waals surface area contributed by atoms with Crippen LogP contribution in [0.1, 0.15) is 23.8 Å². The average Bonchev–Trinajstić information content (AvgIpc) is 2.84. The van der Waals surface area contributed by atoms with Crippen LogP contribution in [0.3, 0.4) is 0 Å². The van der Waals surface area contributed by atoms with Crippen LogP contribution in [0.5, 0.6) is 0 Å². The van der Waals surface area contributed by atoms with Gasteiger partial charge in [0.05, 0.1) is 6.10 Å². The van der Waals surface area contributed by atoms with E-state index in [0.717, 1.165) is 0 Å². The van der Waals surface area contributed by atoms with Gasteiger partial charge in [0, 0.05) is 32.8 Å². The minimum atomic E-state index is -0.944. The number of aromatic nitrogens is 1. The van der Waals surface area contributed by atoms with Gasteiger partial charge in [-0.05, 0) is 19.1 Å². The molecule has 0 bridgehead atoms. The molecule has 0 spiro atoms. The minimum Gasteiger partial charge on any atom is -0.385 e. The number of ether oxygens (including phenoxy) is 1. The Morgan fingerprint density at radius 3 is 3.06 bits per heavy atom. The Bertz CT molecular complexity index is 416. The second-order valence-corrected chi connectivity index (χ2v) is 4.55. The number of amides is 1. The third kappa shape index (κ3) is 2.35. The number of aryl methyl sites for hydroxylation is 1. The predicted molar refractivity (Wildman–Crippen MR) is 62.7 cm³/mol. The van der Waals surface area contributed by atoms with Crippen LogP contribution < -0.4 is 5.32 Å². The highest BCUT2D eigenvalue weighted by molar-refractivity contribution is 5.92. The van der Waals surface area contributed by atoms with Crippen molar-refractivity contribution in [3.05, 3.63) is 24.0 Å². The fraction of sp³-hybridized carbons (Fsp3) is 0.583. The van der Waals surface area contributed by atoms with E-state index < -0.39 is 5.60 Å². The first-order valence-electron chi connectivity index (χ1n) is 5.76. The summed E-state index contributed by atoms with van der Waals surface area (Å²) in [6.07, 6.45) is 2.13. The fourth-order valence-electron chi connectivity index (χ4n) is 2.02. The molecule has 2 unspecified atom stereocenters. The number of rotatable bonds is 3. The normalized spacial score (nSPS) is 28.3. The Labute approximate surface area is 100 Å². The minimum absolute atomic E-state index is 0.176. The molecule has 17 heavy (non-hydrogen) atoms. The van der Waals surface area contributed by atoms with Crippen molar-refractivity contribution in [1.82, 2.24) is 9.88 Å². The van der Waals surface area contributed by atoms with E-state index in [-0.39, 0.29) is 18.6 Å². The number of nitrogens with zero attached hydrogens (tertiary/aromatic N) is 1. The van der Waals surface area contributed by atoms with Gasteiger partial charge in [0.2, 0.25) is 0 Å². The number of hydrogen-bond acceptors (Lipinski definition) is 3. The van der Waals surface area contributed by atoms with Crippen LogP contribution in [0.15, 0.2) is 18.3 Å². The molecule has 1 amide bonds. The van der Waals surface area contributed by atoms with Crippen molar-refractivity contribution >= 4 is 5.91 Å². The van der Waals surface area contributed by atoms with Crippen molar-refractivity contribution in [2.24, 2.45) is 7.05 Å². The molecule has 0 aromatic carbocycles. The quantitative estimate of drug-likeness (QED) is 0.796. The van der Waals surface area contributed by atoms with Crippen LogP contribution in [-0.2, 0) is 11.8 Å². The first kappa shape index (κ1) is 12.1. The number of carbonyl (C=O) groups excluding carboxylic acids is 1. The monoisotopic (exact) mass is 238 g/mol. The number of hydrogen-bond donors (Lipinski definition) is 2. The molecule has 0 radical (unpaired) electrons. The lowest BCUT2D eigenvalue weighted by Gasteiger charge is -2.26. The molecule has 2 heterocycles. The maximum Gasteiger partial charge on any atom is 0.267 e. The third-order valence-electron chi connectivity index (χ3n) is 3.39. The lowest BCUT2D eigenvalue weighted by molar-refractivity contribution is -0.0252. The van der Waals surface area contributed by atoms with Gasteiger partial charge < -0.3 is 19.7 Å². The summed E-state index contributed by atoms with van der Waals surface area (Å²) in [6, 6.07) is 3.55. The molecule has 2 rings (SSSR count). The van der Waals surface area contributed by atoms with Crippen molar-refractivity contribution in [2.75, 3.05) is 13.2 Å². The Hall–Kier alpha value is -1.33. The largest absolute Gasteiger partial charge is 0.385 e. The number of carbonyl (C=O) groups is 1. The second kappa shape index (κ2) is 4.50. The summed E-state index contributed by atoms with van der Waals surface area (Å²) in [4.78, 5) is 11.8. The van der Waals surface area contributed by atoms with E-state index in [9.17, 15) is 9.90 Å². The van der Waals surface area contributed by atoms with Crippen molar-refractivity contribution in [1.29, 1.82) is 0 Å². The highest BCUT2D eigenvalue weighted by atomic mass is 16.5. The summed E-state index contributed by atoms with van der Waals surface area (Å²) in [5.41, 5.74) is -0.360. The molecule has 1 aliphatic heterocycles. The summed E-state index contributed by atoms with van der Waals surface area (Å²) in [5.74, 6) is -0.176. The molecule has 5 heteroatoms. The van der Waals surface area contributed by atoms with Crippen molar-refractivity contribution < 1.29 is 14.6 Å². The van der Waals surface area contributed by atoms with Gasteiger partial charge in [-0.2, -0.15) is 0 Å². The van der Waals surface area contributed by atoms with Crippen molar-refractivity contribution in [3.63, 3.8) is 0 Å². The molecule has 1 saturated heterocycles. The standard InChI is InChI=1S/C12H18N2O3/c1-9-12(16,5-7-17-9)8-13-11(15)10-4-3-6-14(10)2/h3-4,6,9,16H,5,7-8H2,1-2H3,(H,13,15). The van der Waals surface area contributed by atoms with Crippen LogP contribution in [0.25, 0.3) is 0 Å². The second-order valence-electron chi connectivity index (χ2n) is 4.55. The Kier molecular flexibility index (Phi) is 3.22. The molecule has 0 aliphatic carbocycles.